The molecule has 3 aromatic rings. The van der Waals surface area contributed by atoms with Gasteiger partial charge in [0.1, 0.15) is 24.0 Å². The molecule has 140 valence electrons. The first-order valence-electron chi connectivity index (χ1n) is 8.20. The summed E-state index contributed by atoms with van der Waals surface area (Å²) in [6.07, 6.45) is 1.64. The van der Waals surface area contributed by atoms with Gasteiger partial charge in [-0.25, -0.2) is 8.78 Å². The Kier molecular flexibility index (Phi) is 5.46. The number of benzene rings is 2. The van der Waals surface area contributed by atoms with E-state index in [0.29, 0.717) is 36.2 Å². The topological polar surface area (TPSA) is 82.2 Å². The number of aromatic nitrogens is 2. The van der Waals surface area contributed by atoms with E-state index in [-0.39, 0.29) is 5.56 Å². The largest absolute Gasteiger partial charge is 0.492 e. The molecule has 0 spiro atoms. The number of carbonyl (C=O) groups is 1. The smallest absolute Gasteiger partial charge is 0.255 e. The maximum atomic E-state index is 13.3. The lowest BCUT2D eigenvalue weighted by Crippen LogP contribution is -2.13. The van der Waals surface area contributed by atoms with Crippen molar-refractivity contribution >= 4 is 11.6 Å². The van der Waals surface area contributed by atoms with Gasteiger partial charge >= 0.3 is 0 Å². The SMILES string of the molecule is Cn1nccc1-c1cc(NC(=O)c2cc(F)cc(F)c2)ccc1OCCN. The van der Waals surface area contributed by atoms with Crippen LogP contribution in [0.3, 0.4) is 0 Å². The zero-order chi connectivity index (χ0) is 19.4. The highest BCUT2D eigenvalue weighted by molar-refractivity contribution is 6.04. The minimum absolute atomic E-state index is 0.113. The number of carbonyl (C=O) groups excluding carboxylic acids is 1. The molecule has 0 aliphatic rings. The summed E-state index contributed by atoms with van der Waals surface area (Å²) in [4.78, 5) is 12.3. The normalized spacial score (nSPS) is 10.7. The number of nitrogens with two attached hydrogens (primary N) is 1. The minimum atomic E-state index is -0.818. The molecule has 3 rings (SSSR count). The first kappa shape index (κ1) is 18.5. The fourth-order valence-electron chi connectivity index (χ4n) is 2.63. The Morgan fingerprint density at radius 1 is 1.19 bits per heavy atom. The highest BCUT2D eigenvalue weighted by atomic mass is 19.1. The third-order valence-corrected chi connectivity index (χ3v) is 3.83. The van der Waals surface area contributed by atoms with Gasteiger partial charge in [-0.1, -0.05) is 0 Å². The van der Waals surface area contributed by atoms with Crippen molar-refractivity contribution in [2.24, 2.45) is 12.8 Å². The molecule has 27 heavy (non-hydrogen) atoms. The number of halogens is 2. The molecule has 0 radical (unpaired) electrons. The molecule has 6 nitrogen and oxygen atoms in total. The van der Waals surface area contributed by atoms with Crippen LogP contribution in [0.25, 0.3) is 11.3 Å². The number of rotatable bonds is 6. The molecule has 0 aliphatic heterocycles. The lowest BCUT2D eigenvalue weighted by Gasteiger charge is -2.14. The van der Waals surface area contributed by atoms with Gasteiger partial charge in [0.2, 0.25) is 0 Å². The highest BCUT2D eigenvalue weighted by Crippen LogP contribution is 2.32. The maximum absolute atomic E-state index is 13.3. The van der Waals surface area contributed by atoms with Gasteiger partial charge in [0.25, 0.3) is 5.91 Å². The molecule has 1 heterocycles. The van der Waals surface area contributed by atoms with Crippen molar-refractivity contribution < 1.29 is 18.3 Å². The van der Waals surface area contributed by atoms with Crippen LogP contribution in [0.4, 0.5) is 14.5 Å². The average molecular weight is 372 g/mol. The molecule has 8 heteroatoms. The molecule has 0 unspecified atom stereocenters. The third-order valence-electron chi connectivity index (χ3n) is 3.83. The Hall–Kier alpha value is -3.26. The number of hydrogen-bond acceptors (Lipinski definition) is 4. The monoisotopic (exact) mass is 372 g/mol. The van der Waals surface area contributed by atoms with Crippen molar-refractivity contribution in [3.8, 4) is 17.0 Å². The lowest BCUT2D eigenvalue weighted by atomic mass is 10.1. The predicted molar refractivity (Wildman–Crippen MR) is 97.5 cm³/mol. The second kappa shape index (κ2) is 7.96. The Labute approximate surface area is 154 Å². The zero-order valence-electron chi connectivity index (χ0n) is 14.6. The maximum Gasteiger partial charge on any atom is 0.255 e. The van der Waals surface area contributed by atoms with Gasteiger partial charge in [-0.2, -0.15) is 5.10 Å². The number of anilines is 1. The standard InChI is InChI=1S/C19H18F2N4O2/c1-25-17(4-6-23-25)16-11-15(2-3-18(16)27-7-5-22)24-19(26)12-8-13(20)10-14(21)9-12/h2-4,6,8-11H,5,7,22H2,1H3,(H,24,26). The molecule has 0 aliphatic carbocycles. The third kappa shape index (κ3) is 4.29. The number of nitrogens with zero attached hydrogens (tertiary/aromatic N) is 2. The van der Waals surface area contributed by atoms with Crippen molar-refractivity contribution in [3.05, 3.63) is 65.9 Å². The van der Waals surface area contributed by atoms with Gasteiger partial charge < -0.3 is 15.8 Å². The summed E-state index contributed by atoms with van der Waals surface area (Å²) in [5.41, 5.74) is 7.30. The second-order valence-electron chi connectivity index (χ2n) is 5.80. The van der Waals surface area contributed by atoms with E-state index in [4.69, 9.17) is 10.5 Å². The summed E-state index contributed by atoms with van der Waals surface area (Å²) >= 11 is 0. The van der Waals surface area contributed by atoms with Crippen LogP contribution in [-0.2, 0) is 7.05 Å². The van der Waals surface area contributed by atoms with Crippen LogP contribution in [0.2, 0.25) is 0 Å². The number of hydrogen-bond donors (Lipinski definition) is 2. The molecule has 0 fully saturated rings. The van der Waals surface area contributed by atoms with Gasteiger partial charge in [-0.05, 0) is 36.4 Å². The van der Waals surface area contributed by atoms with Crippen LogP contribution in [0.5, 0.6) is 5.75 Å². The summed E-state index contributed by atoms with van der Waals surface area (Å²) in [7, 11) is 1.78. The van der Waals surface area contributed by atoms with Crippen LogP contribution in [-0.4, -0.2) is 28.8 Å². The minimum Gasteiger partial charge on any atom is -0.492 e. The van der Waals surface area contributed by atoms with E-state index >= 15 is 0 Å². The molecular formula is C19H18F2N4O2. The van der Waals surface area contributed by atoms with Crippen LogP contribution in [0.15, 0.2) is 48.7 Å². The van der Waals surface area contributed by atoms with E-state index in [1.807, 2.05) is 0 Å². The van der Waals surface area contributed by atoms with Crippen molar-refractivity contribution in [2.45, 2.75) is 0 Å². The summed E-state index contributed by atoms with van der Waals surface area (Å²) in [6, 6.07) is 9.49. The molecular weight excluding hydrogens is 354 g/mol. The molecule has 1 aromatic heterocycles. The molecule has 1 amide bonds. The fraction of sp³-hybridized carbons (Fsp3) is 0.158. The number of nitrogens with one attached hydrogen (secondary N) is 1. The Bertz CT molecular complexity index is 952. The number of ether oxygens (including phenoxy) is 1. The summed E-state index contributed by atoms with van der Waals surface area (Å²) in [5, 5.41) is 6.77. The van der Waals surface area contributed by atoms with Crippen molar-refractivity contribution in [3.63, 3.8) is 0 Å². The zero-order valence-corrected chi connectivity index (χ0v) is 14.6. The summed E-state index contributed by atoms with van der Waals surface area (Å²) in [5.74, 6) is -1.68. The van der Waals surface area contributed by atoms with Crippen LogP contribution in [0, 0.1) is 11.6 Å². The molecule has 2 aromatic carbocycles. The van der Waals surface area contributed by atoms with E-state index in [1.54, 1.807) is 42.2 Å². The summed E-state index contributed by atoms with van der Waals surface area (Å²) in [6.45, 7) is 0.688. The second-order valence-corrected chi connectivity index (χ2v) is 5.80. The highest BCUT2D eigenvalue weighted by Gasteiger charge is 2.14. The summed E-state index contributed by atoms with van der Waals surface area (Å²) < 4.78 is 34.0. The first-order chi connectivity index (χ1) is 13.0. The van der Waals surface area contributed by atoms with Gasteiger partial charge in [-0.15, -0.1) is 0 Å². The van der Waals surface area contributed by atoms with E-state index in [9.17, 15) is 13.6 Å². The van der Waals surface area contributed by atoms with E-state index < -0.39 is 17.5 Å². The van der Waals surface area contributed by atoms with E-state index in [0.717, 1.165) is 17.8 Å². The van der Waals surface area contributed by atoms with E-state index in [2.05, 4.69) is 10.4 Å². The predicted octanol–water partition coefficient (Wildman–Crippen LogP) is 2.96. The average Bonchev–Trinajstić information content (AvgIpc) is 3.05. The lowest BCUT2D eigenvalue weighted by molar-refractivity contribution is 0.102. The van der Waals surface area contributed by atoms with Crippen LogP contribution in [0.1, 0.15) is 10.4 Å². The molecule has 0 atom stereocenters. The van der Waals surface area contributed by atoms with Crippen molar-refractivity contribution in [2.75, 3.05) is 18.5 Å². The van der Waals surface area contributed by atoms with E-state index in [1.165, 1.54) is 0 Å². The van der Waals surface area contributed by atoms with Gasteiger partial charge in [0.15, 0.2) is 0 Å². The molecule has 0 saturated carbocycles. The van der Waals surface area contributed by atoms with Crippen LogP contribution < -0.4 is 15.8 Å². The number of aryl methyl sites for hydroxylation is 1. The Balaban J connectivity index is 1.92. The fourth-order valence-corrected chi connectivity index (χ4v) is 2.63. The molecule has 0 saturated heterocycles. The van der Waals surface area contributed by atoms with Crippen molar-refractivity contribution in [1.82, 2.24) is 9.78 Å². The van der Waals surface area contributed by atoms with Crippen molar-refractivity contribution in [1.29, 1.82) is 0 Å². The number of amides is 1. The Morgan fingerprint density at radius 2 is 1.93 bits per heavy atom. The molecule has 0 bridgehead atoms. The first-order valence-corrected chi connectivity index (χ1v) is 8.20. The van der Waals surface area contributed by atoms with Gasteiger partial charge in [0.05, 0.1) is 5.69 Å². The Morgan fingerprint density at radius 3 is 2.56 bits per heavy atom. The van der Waals surface area contributed by atoms with Gasteiger partial charge in [-0.3, -0.25) is 9.48 Å². The van der Waals surface area contributed by atoms with Crippen LogP contribution >= 0.6 is 0 Å². The quantitative estimate of drug-likeness (QED) is 0.697. The molecule has 3 N–H and O–H groups in total. The van der Waals surface area contributed by atoms with Gasteiger partial charge in [0, 0.05) is 42.7 Å².